The van der Waals surface area contributed by atoms with Gasteiger partial charge in [-0.15, -0.1) is 0 Å². The molecule has 1 heteroatoms. The lowest BCUT2D eigenvalue weighted by molar-refractivity contribution is 0.154. The summed E-state index contributed by atoms with van der Waals surface area (Å²) in [4.78, 5) is 2.96. The highest BCUT2D eigenvalue weighted by atomic mass is 15.3. The van der Waals surface area contributed by atoms with E-state index in [0.29, 0.717) is 35.8 Å². The highest BCUT2D eigenvalue weighted by Gasteiger charge is 2.52. The van der Waals surface area contributed by atoms with E-state index in [4.69, 9.17) is 0 Å². The van der Waals surface area contributed by atoms with Gasteiger partial charge in [0, 0.05) is 35.9 Å². The van der Waals surface area contributed by atoms with Crippen molar-refractivity contribution in [2.45, 2.75) is 69.5 Å². The molecule has 7 aliphatic carbocycles. The zero-order valence-electron chi connectivity index (χ0n) is 42.7. The molecular formula is C74H63N. The predicted molar refractivity (Wildman–Crippen MR) is 316 cm³/mol. The molecule has 1 nitrogen and oxygen atoms in total. The second-order valence-electron chi connectivity index (χ2n) is 22.8. The Labute approximate surface area is 442 Å². The molecule has 1 fully saturated rings. The van der Waals surface area contributed by atoms with E-state index < -0.39 is 0 Å². The average Bonchev–Trinajstić information content (AvgIpc) is 3.90. The van der Waals surface area contributed by atoms with Crippen LogP contribution in [0.1, 0.15) is 89.9 Å². The molecule has 0 aromatic heterocycles. The van der Waals surface area contributed by atoms with Crippen LogP contribution in [0.4, 0.5) is 0 Å². The molecule has 0 radical (unpaired) electrons. The zero-order chi connectivity index (χ0) is 49.4. The van der Waals surface area contributed by atoms with Gasteiger partial charge in [-0.2, -0.15) is 0 Å². The number of likely N-dealkylation sites (tertiary alicyclic amines) is 1. The Morgan fingerprint density at radius 3 is 2.08 bits per heavy atom. The number of benzene rings is 7. The summed E-state index contributed by atoms with van der Waals surface area (Å²) in [5, 5.41) is 7.90. The van der Waals surface area contributed by atoms with Crippen molar-refractivity contribution in [3.8, 4) is 0 Å². The summed E-state index contributed by atoms with van der Waals surface area (Å²) in [6.07, 6.45) is 44.9. The van der Waals surface area contributed by atoms with Crippen molar-refractivity contribution in [3.63, 3.8) is 0 Å². The number of fused-ring (bicyclic) bond motifs is 9. The van der Waals surface area contributed by atoms with Gasteiger partial charge in [-0.05, 0) is 186 Å². The Hall–Kier alpha value is -7.58. The second-order valence-corrected chi connectivity index (χ2v) is 22.8. The maximum Gasteiger partial charge on any atom is 0.0435 e. The quantitative estimate of drug-likeness (QED) is 0.144. The summed E-state index contributed by atoms with van der Waals surface area (Å²) < 4.78 is 0. The van der Waals surface area contributed by atoms with E-state index in [1.807, 2.05) is 0 Å². The summed E-state index contributed by atoms with van der Waals surface area (Å²) in [5.74, 6) is 1.69. The van der Waals surface area contributed by atoms with Gasteiger partial charge in [0.25, 0.3) is 0 Å². The Morgan fingerprint density at radius 2 is 1.23 bits per heavy atom. The third-order valence-corrected chi connectivity index (χ3v) is 18.5. The van der Waals surface area contributed by atoms with Crippen LogP contribution in [-0.2, 0) is 6.42 Å². The Balaban J connectivity index is 0.863. The summed E-state index contributed by atoms with van der Waals surface area (Å²) in [5.41, 5.74) is 18.3. The molecule has 75 heavy (non-hydrogen) atoms. The molecule has 1 saturated heterocycles. The molecule has 7 aromatic carbocycles. The molecule has 0 bridgehead atoms. The number of aryl methyl sites for hydroxylation is 1. The van der Waals surface area contributed by atoms with Crippen LogP contribution in [-0.4, -0.2) is 17.0 Å². The molecular weight excluding hydrogens is 903 g/mol. The van der Waals surface area contributed by atoms with Gasteiger partial charge in [-0.25, -0.2) is 0 Å². The third kappa shape index (κ3) is 8.10. The Kier molecular flexibility index (Phi) is 11.2. The van der Waals surface area contributed by atoms with E-state index in [1.54, 1.807) is 0 Å². The van der Waals surface area contributed by atoms with Crippen LogP contribution in [0.15, 0.2) is 230 Å². The van der Waals surface area contributed by atoms with Crippen molar-refractivity contribution in [1.82, 2.24) is 4.90 Å². The van der Waals surface area contributed by atoms with Gasteiger partial charge in [-0.3, -0.25) is 4.90 Å². The first-order valence-electron chi connectivity index (χ1n) is 28.2. The minimum atomic E-state index is 0.206. The monoisotopic (exact) mass is 965 g/mol. The minimum Gasteiger partial charge on any atom is -0.282 e. The topological polar surface area (TPSA) is 3.24 Å². The first kappa shape index (κ1) is 44.9. The van der Waals surface area contributed by atoms with Gasteiger partial charge in [0.05, 0.1) is 0 Å². The van der Waals surface area contributed by atoms with Crippen molar-refractivity contribution in [2.75, 3.05) is 0 Å². The van der Waals surface area contributed by atoms with E-state index in [2.05, 4.69) is 242 Å². The lowest BCUT2D eigenvalue weighted by Gasteiger charge is -2.40. The van der Waals surface area contributed by atoms with Crippen LogP contribution in [0.2, 0.25) is 0 Å². The van der Waals surface area contributed by atoms with Crippen LogP contribution in [0.3, 0.4) is 0 Å². The van der Waals surface area contributed by atoms with Gasteiger partial charge in [0.1, 0.15) is 0 Å². The van der Waals surface area contributed by atoms with Gasteiger partial charge >= 0.3 is 0 Å². The van der Waals surface area contributed by atoms with E-state index in [9.17, 15) is 0 Å². The van der Waals surface area contributed by atoms with E-state index in [-0.39, 0.29) is 12.0 Å². The molecule has 8 atom stereocenters. The molecule has 1 aliphatic heterocycles. The van der Waals surface area contributed by atoms with Crippen molar-refractivity contribution in [1.29, 1.82) is 0 Å². The molecule has 0 spiro atoms. The summed E-state index contributed by atoms with van der Waals surface area (Å²) >= 11 is 0. The molecule has 0 saturated carbocycles. The number of allylic oxidation sites excluding steroid dienone is 13. The standard InChI is InChI=1S/C74H63N/c1-2-22-67(23-3-1)75-73-35-34-60(63-41-61(56-30-26-48-14-4-8-18-52(48)36-56)40-62(42-63)57-31-27-49-15-5-9-19-53(49)37-57)46-71(73)72-47-70(68-24-12-13-25-69(68)74(72)75)66-44-64(58-32-28-50-16-6-10-20-54(50)38-58)43-65(45-66)59-33-29-51-17-7-11-21-55(51)39-59/h2,4,6-14,16-22,24-29,31-39,41-44,46-47,56,61,66-67,71-74H,1,3,5,15,23,30,40,45H2. The van der Waals surface area contributed by atoms with Crippen molar-refractivity contribution in [2.24, 2.45) is 29.6 Å². The fraction of sp³-hybridized carbons (Fsp3) is 0.216. The first-order valence-corrected chi connectivity index (χ1v) is 28.2. The largest absolute Gasteiger partial charge is 0.282 e. The smallest absolute Gasteiger partial charge is 0.0435 e. The van der Waals surface area contributed by atoms with Gasteiger partial charge in [0.15, 0.2) is 0 Å². The fourth-order valence-electron chi connectivity index (χ4n) is 14.8. The summed E-state index contributed by atoms with van der Waals surface area (Å²) in [7, 11) is 0. The second kappa shape index (κ2) is 18.7. The fourth-order valence-corrected chi connectivity index (χ4v) is 14.8. The van der Waals surface area contributed by atoms with Crippen LogP contribution in [0, 0.1) is 29.6 Å². The highest BCUT2D eigenvalue weighted by Crippen LogP contribution is 2.57. The summed E-state index contributed by atoms with van der Waals surface area (Å²) in [6.45, 7) is 0. The van der Waals surface area contributed by atoms with Crippen LogP contribution in [0.5, 0.6) is 0 Å². The number of hydrogen-bond acceptors (Lipinski definition) is 1. The third-order valence-electron chi connectivity index (χ3n) is 18.5. The summed E-state index contributed by atoms with van der Waals surface area (Å²) in [6, 6.07) is 58.6. The van der Waals surface area contributed by atoms with Crippen LogP contribution in [0.25, 0.3) is 62.1 Å². The van der Waals surface area contributed by atoms with E-state index >= 15 is 0 Å². The average molecular weight is 966 g/mol. The van der Waals surface area contributed by atoms with Gasteiger partial charge < -0.3 is 0 Å². The Bertz CT molecular complexity index is 3910. The van der Waals surface area contributed by atoms with E-state index in [1.165, 1.54) is 124 Å². The number of rotatable bonds is 7. The molecule has 364 valence electrons. The number of nitrogens with zero attached hydrogens (tertiary/aromatic N) is 1. The molecule has 15 rings (SSSR count). The Morgan fingerprint density at radius 1 is 0.493 bits per heavy atom. The SMILES string of the molecule is C1=CC(N2C3C=CC(C4=CC(C5C=c6ccccc6=CC5)CC(c5ccc6c(c5)C=CCC6)=C4)=CC3C3C=C(C4C=C(c5ccc6ccccc6c5)C=C(c5ccc6ccccc6c5)C4)c4ccccc4C32)CCC1. The van der Waals surface area contributed by atoms with Gasteiger partial charge in [0.2, 0.25) is 0 Å². The zero-order valence-corrected chi connectivity index (χ0v) is 42.7. The van der Waals surface area contributed by atoms with Crippen molar-refractivity contribution >= 4 is 62.1 Å². The van der Waals surface area contributed by atoms with Crippen molar-refractivity contribution < 1.29 is 0 Å². The maximum atomic E-state index is 2.96. The highest BCUT2D eigenvalue weighted by molar-refractivity contribution is 5.95. The lowest BCUT2D eigenvalue weighted by Crippen LogP contribution is -2.42. The molecule has 0 amide bonds. The van der Waals surface area contributed by atoms with E-state index in [0.717, 1.165) is 32.1 Å². The molecule has 7 aromatic rings. The molecule has 8 aliphatic rings. The van der Waals surface area contributed by atoms with Crippen molar-refractivity contribution in [3.05, 3.63) is 279 Å². The van der Waals surface area contributed by atoms with Crippen LogP contribution >= 0.6 is 0 Å². The first-order chi connectivity index (χ1) is 37.1. The molecule has 8 unspecified atom stereocenters. The normalized spacial score (nSPS) is 26.5. The number of hydrogen-bond donors (Lipinski definition) is 0. The maximum absolute atomic E-state index is 2.96. The van der Waals surface area contributed by atoms with Gasteiger partial charge in [-0.1, -0.05) is 219 Å². The molecule has 0 N–H and O–H groups in total. The van der Waals surface area contributed by atoms with Crippen LogP contribution < -0.4 is 10.4 Å². The lowest BCUT2D eigenvalue weighted by atomic mass is 9.70. The minimum absolute atomic E-state index is 0.206. The predicted octanol–water partition coefficient (Wildman–Crippen LogP) is 16.4. The molecule has 1 heterocycles.